The highest BCUT2D eigenvalue weighted by molar-refractivity contribution is 6.15. The topological polar surface area (TPSA) is 61.0 Å². The zero-order valence-corrected chi connectivity index (χ0v) is 19.6. The van der Waals surface area contributed by atoms with Crippen LogP contribution < -0.4 is 5.32 Å². The third-order valence-electron chi connectivity index (χ3n) is 7.16. The molecular formula is C29H28N4O. The van der Waals surface area contributed by atoms with E-state index in [1.54, 1.807) is 0 Å². The Kier molecular flexibility index (Phi) is 5.07. The minimum Gasteiger partial charge on any atom is -0.354 e. The van der Waals surface area contributed by atoms with Gasteiger partial charge in [-0.3, -0.25) is 14.7 Å². The largest absolute Gasteiger partial charge is 0.354 e. The van der Waals surface area contributed by atoms with Crippen molar-refractivity contribution >= 4 is 44.3 Å². The lowest BCUT2D eigenvalue weighted by Crippen LogP contribution is -2.33. The summed E-state index contributed by atoms with van der Waals surface area (Å²) in [6.45, 7) is 7.04. The minimum atomic E-state index is -0.0717. The van der Waals surface area contributed by atoms with Crippen molar-refractivity contribution in [2.45, 2.75) is 33.2 Å². The summed E-state index contributed by atoms with van der Waals surface area (Å²) in [6, 6.07) is 20.5. The first kappa shape index (κ1) is 20.9. The molecular weight excluding hydrogens is 420 g/mol. The van der Waals surface area contributed by atoms with Gasteiger partial charge in [0.2, 0.25) is 0 Å². The van der Waals surface area contributed by atoms with E-state index in [1.165, 1.54) is 21.9 Å². The van der Waals surface area contributed by atoms with E-state index in [-0.39, 0.29) is 5.91 Å². The Morgan fingerprint density at radius 3 is 2.74 bits per heavy atom. The fraction of sp³-hybridized carbons (Fsp3) is 0.241. The number of hydrogen-bond donors (Lipinski definition) is 2. The number of aromatic amines is 1. The van der Waals surface area contributed by atoms with Crippen LogP contribution in [0.25, 0.3) is 32.7 Å². The Morgan fingerprint density at radius 1 is 1.03 bits per heavy atom. The van der Waals surface area contributed by atoms with Crippen molar-refractivity contribution in [2.75, 3.05) is 18.4 Å². The molecule has 2 aromatic heterocycles. The maximum atomic E-state index is 13.7. The summed E-state index contributed by atoms with van der Waals surface area (Å²) in [5.41, 5.74) is 8.05. The van der Waals surface area contributed by atoms with Crippen molar-refractivity contribution in [3.63, 3.8) is 0 Å². The Hall–Kier alpha value is -3.70. The van der Waals surface area contributed by atoms with Gasteiger partial charge in [-0.2, -0.15) is 0 Å². The molecule has 0 atom stereocenters. The van der Waals surface area contributed by atoms with Crippen LogP contribution in [-0.2, 0) is 19.4 Å². The average Bonchev–Trinajstić information content (AvgIpc) is 3.24. The number of anilines is 1. The number of para-hydroxylation sites is 2. The molecule has 1 amide bonds. The number of amides is 1. The number of likely N-dealkylation sites (N-methyl/N-ethyl adjacent to an activating group) is 1. The zero-order chi connectivity index (χ0) is 23.2. The molecule has 1 aliphatic heterocycles. The van der Waals surface area contributed by atoms with Gasteiger partial charge in [-0.1, -0.05) is 56.3 Å². The first-order valence-electron chi connectivity index (χ1n) is 12.1. The molecule has 2 N–H and O–H groups in total. The average molecular weight is 449 g/mol. The van der Waals surface area contributed by atoms with Crippen molar-refractivity contribution in [2.24, 2.45) is 0 Å². The number of carbonyl (C=O) groups is 1. The Labute approximate surface area is 198 Å². The third kappa shape index (κ3) is 3.35. The van der Waals surface area contributed by atoms with Gasteiger partial charge in [-0.05, 0) is 36.7 Å². The van der Waals surface area contributed by atoms with E-state index < -0.39 is 0 Å². The smallest absolute Gasteiger partial charge is 0.256 e. The molecule has 0 spiro atoms. The number of nitrogens with zero attached hydrogens (tertiary/aromatic N) is 2. The highest BCUT2D eigenvalue weighted by Crippen LogP contribution is 2.32. The maximum Gasteiger partial charge on any atom is 0.256 e. The fourth-order valence-corrected chi connectivity index (χ4v) is 5.33. The number of fused-ring (bicyclic) bond motifs is 5. The maximum absolute atomic E-state index is 13.7. The number of aryl methyl sites for hydroxylation is 1. The summed E-state index contributed by atoms with van der Waals surface area (Å²) in [5, 5.41) is 6.50. The fourth-order valence-electron chi connectivity index (χ4n) is 5.33. The molecule has 0 radical (unpaired) electrons. The third-order valence-corrected chi connectivity index (χ3v) is 7.16. The number of benzene rings is 3. The number of rotatable bonds is 4. The van der Waals surface area contributed by atoms with Gasteiger partial charge in [0.15, 0.2) is 0 Å². The Morgan fingerprint density at radius 2 is 1.88 bits per heavy atom. The number of carbonyl (C=O) groups excluding carboxylic acids is 1. The van der Waals surface area contributed by atoms with Gasteiger partial charge in [0.1, 0.15) is 0 Å². The van der Waals surface area contributed by atoms with E-state index in [9.17, 15) is 4.79 Å². The van der Waals surface area contributed by atoms with E-state index in [0.29, 0.717) is 0 Å². The number of hydrogen-bond acceptors (Lipinski definition) is 3. The van der Waals surface area contributed by atoms with Crippen LogP contribution in [0.4, 0.5) is 5.69 Å². The summed E-state index contributed by atoms with van der Waals surface area (Å²) in [6.07, 6.45) is 1.85. The molecule has 0 saturated heterocycles. The molecule has 3 aromatic carbocycles. The number of nitrogens with one attached hydrogen (secondary N) is 2. The normalized spacial score (nSPS) is 14.1. The zero-order valence-electron chi connectivity index (χ0n) is 19.6. The standard InChI is InChI=1S/C29H28N4O/c1-3-18-8-7-10-21-20-13-12-19(16-26(20)32-28(18)21)30-29(34)27-22-9-5-6-11-24(22)31-25-14-15-33(4-2)17-23(25)27/h5-13,16,32H,3-4,14-15,17H2,1-2H3,(H,30,34). The first-order valence-corrected chi connectivity index (χ1v) is 12.1. The lowest BCUT2D eigenvalue weighted by Gasteiger charge is -2.29. The van der Waals surface area contributed by atoms with Gasteiger partial charge in [-0.15, -0.1) is 0 Å². The van der Waals surface area contributed by atoms with Crippen molar-refractivity contribution in [3.05, 3.63) is 83.0 Å². The second-order valence-corrected chi connectivity index (χ2v) is 9.08. The van der Waals surface area contributed by atoms with Crippen LogP contribution >= 0.6 is 0 Å². The van der Waals surface area contributed by atoms with E-state index in [4.69, 9.17) is 4.98 Å². The van der Waals surface area contributed by atoms with E-state index >= 15 is 0 Å². The Bertz CT molecular complexity index is 1570. The second kappa shape index (κ2) is 8.26. The quantitative estimate of drug-likeness (QED) is 0.351. The van der Waals surface area contributed by atoms with Crippen LogP contribution in [0, 0.1) is 0 Å². The van der Waals surface area contributed by atoms with Gasteiger partial charge in [0.25, 0.3) is 5.91 Å². The molecule has 0 saturated carbocycles. The molecule has 0 unspecified atom stereocenters. The molecule has 170 valence electrons. The van der Waals surface area contributed by atoms with Gasteiger partial charge in [0.05, 0.1) is 11.1 Å². The molecule has 1 aliphatic rings. The van der Waals surface area contributed by atoms with Gasteiger partial charge in [-0.25, -0.2) is 0 Å². The number of pyridine rings is 1. The monoisotopic (exact) mass is 448 g/mol. The van der Waals surface area contributed by atoms with Crippen LogP contribution in [0.3, 0.4) is 0 Å². The van der Waals surface area contributed by atoms with E-state index in [2.05, 4.69) is 53.3 Å². The summed E-state index contributed by atoms with van der Waals surface area (Å²) in [4.78, 5) is 24.6. The molecule has 34 heavy (non-hydrogen) atoms. The van der Waals surface area contributed by atoms with Crippen LogP contribution in [0.1, 0.15) is 41.0 Å². The summed E-state index contributed by atoms with van der Waals surface area (Å²) < 4.78 is 0. The SMILES string of the molecule is CCc1cccc2c1[nH]c1cc(NC(=O)c3c4c(nc5ccccc35)CCN(CC)C4)ccc12. The number of H-pyrrole nitrogens is 1. The lowest BCUT2D eigenvalue weighted by atomic mass is 9.95. The predicted octanol–water partition coefficient (Wildman–Crippen LogP) is 6.06. The van der Waals surface area contributed by atoms with Gasteiger partial charge >= 0.3 is 0 Å². The molecule has 3 heterocycles. The molecule has 6 rings (SSSR count). The highest BCUT2D eigenvalue weighted by Gasteiger charge is 2.25. The van der Waals surface area contributed by atoms with Crippen LogP contribution in [0.15, 0.2) is 60.7 Å². The van der Waals surface area contributed by atoms with E-state index in [0.717, 1.165) is 71.4 Å². The van der Waals surface area contributed by atoms with Gasteiger partial charge < -0.3 is 10.3 Å². The van der Waals surface area contributed by atoms with Crippen LogP contribution in [-0.4, -0.2) is 33.9 Å². The molecule has 5 aromatic rings. The molecule has 5 nitrogen and oxygen atoms in total. The lowest BCUT2D eigenvalue weighted by molar-refractivity contribution is 0.102. The number of aromatic nitrogens is 2. The van der Waals surface area contributed by atoms with E-state index in [1.807, 2.05) is 36.4 Å². The van der Waals surface area contributed by atoms with Gasteiger partial charge in [0, 0.05) is 63.6 Å². The highest BCUT2D eigenvalue weighted by atomic mass is 16.1. The van der Waals surface area contributed by atoms with Crippen molar-refractivity contribution < 1.29 is 4.79 Å². The molecule has 5 heteroatoms. The summed E-state index contributed by atoms with van der Waals surface area (Å²) in [5.74, 6) is -0.0717. The van der Waals surface area contributed by atoms with Crippen molar-refractivity contribution in [1.29, 1.82) is 0 Å². The minimum absolute atomic E-state index is 0.0717. The summed E-state index contributed by atoms with van der Waals surface area (Å²) >= 11 is 0. The molecule has 0 fully saturated rings. The first-order chi connectivity index (χ1) is 16.7. The summed E-state index contributed by atoms with van der Waals surface area (Å²) in [7, 11) is 0. The van der Waals surface area contributed by atoms with Crippen molar-refractivity contribution in [3.8, 4) is 0 Å². The Balaban J connectivity index is 1.43. The van der Waals surface area contributed by atoms with Crippen molar-refractivity contribution in [1.82, 2.24) is 14.9 Å². The second-order valence-electron chi connectivity index (χ2n) is 9.08. The molecule has 0 bridgehead atoms. The van der Waals surface area contributed by atoms with Crippen LogP contribution in [0.2, 0.25) is 0 Å². The predicted molar refractivity (Wildman–Crippen MR) is 140 cm³/mol. The van der Waals surface area contributed by atoms with Crippen LogP contribution in [0.5, 0.6) is 0 Å². The molecule has 0 aliphatic carbocycles.